The van der Waals surface area contributed by atoms with E-state index in [-0.39, 0.29) is 6.79 Å². The topological polar surface area (TPSA) is 66.5 Å². The minimum absolute atomic E-state index is 0.288. The number of nitrogens with one attached hydrogen (secondary N) is 1. The number of anilines is 1. The van der Waals surface area contributed by atoms with Crippen molar-refractivity contribution in [2.45, 2.75) is 6.54 Å². The molecular weight excluding hydrogens is 342 g/mol. The second kappa shape index (κ2) is 6.92. The lowest BCUT2D eigenvalue weighted by atomic mass is 10.1. The van der Waals surface area contributed by atoms with Crippen molar-refractivity contribution in [3.63, 3.8) is 0 Å². The van der Waals surface area contributed by atoms with Crippen LogP contribution in [0.4, 0.5) is 5.69 Å². The van der Waals surface area contributed by atoms with Crippen LogP contribution in [-0.4, -0.2) is 53.1 Å². The van der Waals surface area contributed by atoms with Gasteiger partial charge in [0.1, 0.15) is 0 Å². The molecule has 7 nitrogen and oxygen atoms in total. The predicted octanol–water partition coefficient (Wildman–Crippen LogP) is 2.52. The lowest BCUT2D eigenvalue weighted by Gasteiger charge is -2.36. The molecule has 27 heavy (non-hydrogen) atoms. The number of hydrogen-bond donors (Lipinski definition) is 1. The van der Waals surface area contributed by atoms with Crippen LogP contribution in [0.5, 0.6) is 11.5 Å². The highest BCUT2D eigenvalue weighted by atomic mass is 16.7. The van der Waals surface area contributed by atoms with Crippen LogP contribution in [0.15, 0.2) is 48.9 Å². The van der Waals surface area contributed by atoms with E-state index in [4.69, 9.17) is 9.47 Å². The lowest BCUT2D eigenvalue weighted by Crippen LogP contribution is -2.46. The van der Waals surface area contributed by atoms with E-state index in [0.717, 1.165) is 55.5 Å². The fourth-order valence-electron chi connectivity index (χ4n) is 3.69. The molecule has 1 N–H and O–H groups in total. The molecule has 2 aliphatic heterocycles. The maximum absolute atomic E-state index is 5.50. The smallest absolute Gasteiger partial charge is 0.231 e. The number of ether oxygens (including phenoxy) is 2. The van der Waals surface area contributed by atoms with Gasteiger partial charge < -0.3 is 14.4 Å². The van der Waals surface area contributed by atoms with Gasteiger partial charge in [-0.25, -0.2) is 0 Å². The van der Waals surface area contributed by atoms with Gasteiger partial charge in [-0.2, -0.15) is 5.10 Å². The molecule has 0 amide bonds. The van der Waals surface area contributed by atoms with Gasteiger partial charge in [-0.05, 0) is 30.3 Å². The summed E-state index contributed by atoms with van der Waals surface area (Å²) in [4.78, 5) is 8.98. The van der Waals surface area contributed by atoms with Gasteiger partial charge in [0.25, 0.3) is 0 Å². The molecule has 0 spiro atoms. The highest BCUT2D eigenvalue weighted by molar-refractivity contribution is 5.67. The number of rotatable bonds is 4. The van der Waals surface area contributed by atoms with E-state index in [0.29, 0.717) is 0 Å². The number of piperazine rings is 1. The molecule has 2 aromatic heterocycles. The highest BCUT2D eigenvalue weighted by Gasteiger charge is 2.20. The summed E-state index contributed by atoms with van der Waals surface area (Å²) in [6, 6.07) is 10.2. The summed E-state index contributed by atoms with van der Waals surface area (Å²) in [6.45, 7) is 5.24. The minimum atomic E-state index is 0.288. The van der Waals surface area contributed by atoms with Gasteiger partial charge in [-0.1, -0.05) is 0 Å². The maximum Gasteiger partial charge on any atom is 0.231 e. The van der Waals surface area contributed by atoms with Crippen LogP contribution in [0.25, 0.3) is 11.3 Å². The van der Waals surface area contributed by atoms with Crippen LogP contribution >= 0.6 is 0 Å². The Morgan fingerprint density at radius 1 is 0.963 bits per heavy atom. The second-order valence-electron chi connectivity index (χ2n) is 6.81. The van der Waals surface area contributed by atoms with Crippen LogP contribution in [0.3, 0.4) is 0 Å². The number of benzene rings is 1. The summed E-state index contributed by atoms with van der Waals surface area (Å²) in [6.07, 6.45) is 5.63. The zero-order chi connectivity index (χ0) is 18.1. The van der Waals surface area contributed by atoms with Gasteiger partial charge in [0.2, 0.25) is 6.79 Å². The number of H-pyrrole nitrogens is 1. The summed E-state index contributed by atoms with van der Waals surface area (Å²) in [5, 5.41) is 7.43. The Bertz CT molecular complexity index is 919. The van der Waals surface area contributed by atoms with Crippen LogP contribution in [0.1, 0.15) is 5.56 Å². The second-order valence-corrected chi connectivity index (χ2v) is 6.81. The van der Waals surface area contributed by atoms with E-state index in [1.807, 2.05) is 36.8 Å². The highest BCUT2D eigenvalue weighted by Crippen LogP contribution is 2.36. The quantitative estimate of drug-likeness (QED) is 0.768. The number of nitrogens with zero attached hydrogens (tertiary/aromatic N) is 4. The van der Waals surface area contributed by atoms with Gasteiger partial charge in [-0.3, -0.25) is 15.0 Å². The molecule has 1 aromatic carbocycles. The number of pyridine rings is 1. The summed E-state index contributed by atoms with van der Waals surface area (Å²) >= 11 is 0. The molecule has 0 aliphatic carbocycles. The Balaban J connectivity index is 1.27. The van der Waals surface area contributed by atoms with Crippen LogP contribution in [-0.2, 0) is 6.54 Å². The predicted molar refractivity (Wildman–Crippen MR) is 102 cm³/mol. The largest absolute Gasteiger partial charge is 0.454 e. The first-order valence-electron chi connectivity index (χ1n) is 9.16. The number of fused-ring (bicyclic) bond motifs is 1. The van der Waals surface area contributed by atoms with Crippen molar-refractivity contribution in [1.82, 2.24) is 20.1 Å². The maximum atomic E-state index is 5.50. The fraction of sp³-hybridized carbons (Fsp3) is 0.300. The standard InChI is InChI=1S/C20H21N5O2/c1-2-18-19(27-14-26-18)11-15(1)20-16(12-22-23-20)13-24-7-9-25(10-8-24)17-3-5-21-6-4-17/h1-6,11-12H,7-10,13-14H2,(H,22,23). The average molecular weight is 363 g/mol. The van der Waals surface area contributed by atoms with E-state index in [2.05, 4.69) is 37.1 Å². The molecule has 0 atom stereocenters. The van der Waals surface area contributed by atoms with E-state index in [1.165, 1.54) is 11.3 Å². The van der Waals surface area contributed by atoms with Crippen molar-refractivity contribution in [2.75, 3.05) is 37.9 Å². The lowest BCUT2D eigenvalue weighted by molar-refractivity contribution is 0.174. The van der Waals surface area contributed by atoms with Gasteiger partial charge in [0.05, 0.1) is 11.9 Å². The molecule has 2 aliphatic rings. The van der Waals surface area contributed by atoms with E-state index < -0.39 is 0 Å². The Hall–Kier alpha value is -3.06. The third kappa shape index (κ3) is 3.21. The van der Waals surface area contributed by atoms with Crippen LogP contribution < -0.4 is 14.4 Å². The van der Waals surface area contributed by atoms with Crippen LogP contribution in [0.2, 0.25) is 0 Å². The SMILES string of the molecule is c1cc(N2CCN(Cc3cn[nH]c3-c3ccc4c(c3)OCO4)CC2)ccn1. The summed E-state index contributed by atoms with van der Waals surface area (Å²) in [5.41, 5.74) is 4.56. The third-order valence-electron chi connectivity index (χ3n) is 5.17. The third-order valence-corrected chi connectivity index (χ3v) is 5.17. The van der Waals surface area contributed by atoms with Gasteiger partial charge in [0, 0.05) is 61.9 Å². The van der Waals surface area contributed by atoms with Crippen molar-refractivity contribution >= 4 is 5.69 Å². The molecule has 138 valence electrons. The van der Waals surface area contributed by atoms with E-state index in [1.54, 1.807) is 0 Å². The van der Waals surface area contributed by atoms with Gasteiger partial charge >= 0.3 is 0 Å². The molecule has 5 rings (SSSR count). The molecule has 1 fully saturated rings. The number of aromatic amines is 1. The monoisotopic (exact) mass is 363 g/mol. The minimum Gasteiger partial charge on any atom is -0.454 e. The molecular formula is C20H21N5O2. The number of aromatic nitrogens is 3. The van der Waals surface area contributed by atoms with Crippen molar-refractivity contribution in [1.29, 1.82) is 0 Å². The first-order valence-corrected chi connectivity index (χ1v) is 9.16. The number of hydrogen-bond acceptors (Lipinski definition) is 6. The molecule has 3 aromatic rings. The molecule has 7 heteroatoms. The Morgan fingerprint density at radius 3 is 2.63 bits per heavy atom. The summed E-state index contributed by atoms with van der Waals surface area (Å²) in [5.74, 6) is 1.59. The normalized spacial score (nSPS) is 16.7. The zero-order valence-corrected chi connectivity index (χ0v) is 15.0. The first kappa shape index (κ1) is 16.1. The van der Waals surface area contributed by atoms with Crippen molar-refractivity contribution in [3.8, 4) is 22.8 Å². The van der Waals surface area contributed by atoms with Crippen molar-refractivity contribution < 1.29 is 9.47 Å². The average Bonchev–Trinajstić information content (AvgIpc) is 3.38. The Labute approximate surface area is 157 Å². The van der Waals surface area contributed by atoms with Gasteiger partial charge in [0.15, 0.2) is 11.5 Å². The molecule has 4 heterocycles. The summed E-state index contributed by atoms with van der Waals surface area (Å²) in [7, 11) is 0. The zero-order valence-electron chi connectivity index (χ0n) is 15.0. The van der Waals surface area contributed by atoms with Crippen molar-refractivity contribution in [2.24, 2.45) is 0 Å². The first-order chi connectivity index (χ1) is 13.4. The van der Waals surface area contributed by atoms with Gasteiger partial charge in [-0.15, -0.1) is 0 Å². The van der Waals surface area contributed by atoms with Crippen LogP contribution in [0, 0.1) is 0 Å². The Morgan fingerprint density at radius 2 is 1.78 bits per heavy atom. The van der Waals surface area contributed by atoms with Crippen molar-refractivity contribution in [3.05, 3.63) is 54.5 Å². The van der Waals surface area contributed by atoms with E-state index >= 15 is 0 Å². The Kier molecular flexibility index (Phi) is 4.14. The molecule has 0 unspecified atom stereocenters. The fourth-order valence-corrected chi connectivity index (χ4v) is 3.69. The molecule has 0 bridgehead atoms. The van der Waals surface area contributed by atoms with E-state index in [9.17, 15) is 0 Å². The molecule has 0 saturated carbocycles. The summed E-state index contributed by atoms with van der Waals surface area (Å²) < 4.78 is 10.9. The molecule has 0 radical (unpaired) electrons. The molecule has 1 saturated heterocycles.